The van der Waals surface area contributed by atoms with E-state index in [0.717, 1.165) is 22.8 Å². The number of carboxylic acids is 1. The number of hydrogen-bond donors (Lipinski definition) is 1. The number of aromatic nitrogens is 1. The highest BCUT2D eigenvalue weighted by Gasteiger charge is 2.03. The molecule has 0 saturated carbocycles. The number of pyridine rings is 1. The number of nitrogens with zero attached hydrogens (tertiary/aromatic N) is 1. The highest BCUT2D eigenvalue weighted by Crippen LogP contribution is 2.23. The lowest BCUT2D eigenvalue weighted by Gasteiger charge is -2.05. The van der Waals surface area contributed by atoms with Gasteiger partial charge >= 0.3 is 5.97 Å². The van der Waals surface area contributed by atoms with Crippen molar-refractivity contribution in [3.8, 4) is 11.1 Å². The van der Waals surface area contributed by atoms with Crippen molar-refractivity contribution in [2.24, 2.45) is 0 Å². The van der Waals surface area contributed by atoms with Gasteiger partial charge < -0.3 is 5.11 Å². The normalized spacial score (nSPS) is 10.7. The van der Waals surface area contributed by atoms with Crippen LogP contribution in [0.25, 0.3) is 17.2 Å². The average molecular weight is 243 g/mol. The van der Waals surface area contributed by atoms with Crippen LogP contribution >= 0.6 is 0 Å². The van der Waals surface area contributed by atoms with Crippen molar-refractivity contribution >= 4 is 12.0 Å². The molecule has 0 saturated heterocycles. The quantitative estimate of drug-likeness (QED) is 0.843. The van der Waals surface area contributed by atoms with Crippen molar-refractivity contribution in [2.45, 2.75) is 0 Å². The van der Waals surface area contributed by atoms with E-state index >= 15 is 0 Å². The average Bonchev–Trinajstić information content (AvgIpc) is 2.38. The van der Waals surface area contributed by atoms with Gasteiger partial charge in [-0.1, -0.05) is 12.1 Å². The molecule has 0 fully saturated rings. The van der Waals surface area contributed by atoms with Crippen LogP contribution in [0.2, 0.25) is 0 Å². The molecule has 1 aromatic heterocycles. The highest BCUT2D eigenvalue weighted by molar-refractivity contribution is 5.87. The van der Waals surface area contributed by atoms with Crippen LogP contribution < -0.4 is 0 Å². The molecule has 0 spiro atoms. The number of halogens is 1. The van der Waals surface area contributed by atoms with Crippen LogP contribution in [-0.2, 0) is 4.79 Å². The summed E-state index contributed by atoms with van der Waals surface area (Å²) in [4.78, 5) is 14.5. The first-order valence-electron chi connectivity index (χ1n) is 5.28. The second-order valence-electron chi connectivity index (χ2n) is 3.64. The Balaban J connectivity index is 2.44. The van der Waals surface area contributed by atoms with E-state index in [0.29, 0.717) is 0 Å². The smallest absolute Gasteiger partial charge is 0.328 e. The summed E-state index contributed by atoms with van der Waals surface area (Å²) in [6.07, 6.45) is 5.74. The van der Waals surface area contributed by atoms with Gasteiger partial charge in [0.1, 0.15) is 5.82 Å². The second-order valence-corrected chi connectivity index (χ2v) is 3.64. The molecule has 0 bridgehead atoms. The number of benzene rings is 1. The van der Waals surface area contributed by atoms with Crippen molar-refractivity contribution in [3.05, 3.63) is 60.2 Å². The van der Waals surface area contributed by atoms with Gasteiger partial charge in [0.05, 0.1) is 0 Å². The Hall–Kier alpha value is -2.49. The van der Waals surface area contributed by atoms with Crippen molar-refractivity contribution < 1.29 is 14.3 Å². The molecule has 2 aromatic rings. The molecular weight excluding hydrogens is 233 g/mol. The summed E-state index contributed by atoms with van der Waals surface area (Å²) >= 11 is 0. The predicted octanol–water partition coefficient (Wildman–Crippen LogP) is 2.99. The first-order valence-corrected chi connectivity index (χ1v) is 5.28. The summed E-state index contributed by atoms with van der Waals surface area (Å²) in [5.74, 6) is -1.33. The summed E-state index contributed by atoms with van der Waals surface area (Å²) in [5, 5.41) is 8.62. The van der Waals surface area contributed by atoms with Crippen molar-refractivity contribution in [1.29, 1.82) is 0 Å². The van der Waals surface area contributed by atoms with E-state index in [1.165, 1.54) is 18.2 Å². The van der Waals surface area contributed by atoms with E-state index in [4.69, 9.17) is 5.11 Å². The summed E-state index contributed by atoms with van der Waals surface area (Å²) in [7, 11) is 0. The Kier molecular flexibility index (Phi) is 3.48. The number of rotatable bonds is 3. The molecule has 18 heavy (non-hydrogen) atoms. The molecule has 3 nitrogen and oxygen atoms in total. The predicted molar refractivity (Wildman–Crippen MR) is 66.3 cm³/mol. The summed E-state index contributed by atoms with van der Waals surface area (Å²) in [6, 6.07) is 7.67. The maximum atomic E-state index is 12.8. The van der Waals surface area contributed by atoms with Crippen LogP contribution in [0.15, 0.2) is 48.8 Å². The topological polar surface area (TPSA) is 50.2 Å². The van der Waals surface area contributed by atoms with Gasteiger partial charge in [0.2, 0.25) is 0 Å². The molecule has 1 N–H and O–H groups in total. The largest absolute Gasteiger partial charge is 0.478 e. The fourth-order valence-electron chi connectivity index (χ4n) is 1.58. The minimum atomic E-state index is -1.02. The maximum Gasteiger partial charge on any atom is 0.328 e. The van der Waals surface area contributed by atoms with Crippen molar-refractivity contribution in [3.63, 3.8) is 0 Å². The first-order chi connectivity index (χ1) is 8.66. The van der Waals surface area contributed by atoms with Crippen molar-refractivity contribution in [2.75, 3.05) is 0 Å². The van der Waals surface area contributed by atoms with Gasteiger partial charge in [-0.25, -0.2) is 9.18 Å². The van der Waals surface area contributed by atoms with Crippen LogP contribution in [0.3, 0.4) is 0 Å². The summed E-state index contributed by atoms with van der Waals surface area (Å²) < 4.78 is 12.8. The van der Waals surface area contributed by atoms with Crippen LogP contribution in [0.5, 0.6) is 0 Å². The molecule has 4 heteroatoms. The second kappa shape index (κ2) is 5.23. The highest BCUT2D eigenvalue weighted by atomic mass is 19.1. The Morgan fingerprint density at radius 1 is 1.22 bits per heavy atom. The van der Waals surface area contributed by atoms with Crippen LogP contribution in [0.4, 0.5) is 4.39 Å². The van der Waals surface area contributed by atoms with Gasteiger partial charge in [0.15, 0.2) is 0 Å². The first kappa shape index (κ1) is 12.0. The van der Waals surface area contributed by atoms with Gasteiger partial charge in [-0.2, -0.15) is 0 Å². The van der Waals surface area contributed by atoms with Gasteiger partial charge in [-0.15, -0.1) is 0 Å². The number of carbonyl (C=O) groups is 1. The maximum absolute atomic E-state index is 12.8. The lowest BCUT2D eigenvalue weighted by molar-refractivity contribution is -0.131. The molecule has 0 amide bonds. The van der Waals surface area contributed by atoms with Gasteiger partial charge in [0, 0.05) is 24.0 Å². The molecule has 90 valence electrons. The lowest BCUT2D eigenvalue weighted by atomic mass is 10.0. The van der Waals surface area contributed by atoms with E-state index in [1.807, 2.05) is 0 Å². The van der Waals surface area contributed by atoms with Gasteiger partial charge in [0.25, 0.3) is 0 Å². The molecule has 0 aliphatic heterocycles. The Bertz CT molecular complexity index is 591. The molecule has 1 heterocycles. The lowest BCUT2D eigenvalue weighted by Crippen LogP contribution is -1.89. The van der Waals surface area contributed by atoms with E-state index in [-0.39, 0.29) is 5.82 Å². The molecular formula is C14H10FNO2. The molecule has 0 aliphatic carbocycles. The van der Waals surface area contributed by atoms with E-state index in [1.54, 1.807) is 30.6 Å². The zero-order valence-electron chi connectivity index (χ0n) is 9.38. The molecule has 0 radical (unpaired) electrons. The summed E-state index contributed by atoms with van der Waals surface area (Å²) in [6.45, 7) is 0. The van der Waals surface area contributed by atoms with Gasteiger partial charge in [-0.3, -0.25) is 4.98 Å². The fraction of sp³-hybridized carbons (Fsp3) is 0. The fourth-order valence-corrected chi connectivity index (χ4v) is 1.58. The third kappa shape index (κ3) is 2.79. The molecule has 1 aromatic carbocycles. The Morgan fingerprint density at radius 3 is 2.61 bits per heavy atom. The van der Waals surface area contributed by atoms with Crippen LogP contribution in [0, 0.1) is 5.82 Å². The molecule has 2 rings (SSSR count). The zero-order valence-corrected chi connectivity index (χ0v) is 9.38. The SMILES string of the molecule is O=C(O)C=Cc1ccncc1-c1ccc(F)cc1. The molecule has 0 aliphatic rings. The third-order valence-corrected chi connectivity index (χ3v) is 2.42. The number of carboxylic acid groups (broad SMARTS) is 1. The van der Waals surface area contributed by atoms with E-state index in [9.17, 15) is 9.18 Å². The van der Waals surface area contributed by atoms with Gasteiger partial charge in [-0.05, 0) is 35.4 Å². The van der Waals surface area contributed by atoms with E-state index in [2.05, 4.69) is 4.98 Å². The summed E-state index contributed by atoms with van der Waals surface area (Å²) in [5.41, 5.74) is 2.27. The minimum absolute atomic E-state index is 0.315. The molecule has 0 unspecified atom stereocenters. The van der Waals surface area contributed by atoms with Crippen molar-refractivity contribution in [1.82, 2.24) is 4.98 Å². The number of aliphatic carboxylic acids is 1. The zero-order chi connectivity index (χ0) is 13.0. The van der Waals surface area contributed by atoms with E-state index < -0.39 is 5.97 Å². The Labute approximate surface area is 103 Å². The third-order valence-electron chi connectivity index (χ3n) is 2.42. The minimum Gasteiger partial charge on any atom is -0.478 e. The van der Waals surface area contributed by atoms with Crippen LogP contribution in [-0.4, -0.2) is 16.1 Å². The standard InChI is InChI=1S/C14H10FNO2/c15-12-4-1-10(2-5-12)13-9-16-8-7-11(13)3-6-14(17)18/h1-9H,(H,17,18). The Morgan fingerprint density at radius 2 is 1.94 bits per heavy atom. The monoisotopic (exact) mass is 243 g/mol. The number of hydrogen-bond acceptors (Lipinski definition) is 2. The van der Waals surface area contributed by atoms with Crippen LogP contribution in [0.1, 0.15) is 5.56 Å². The molecule has 0 atom stereocenters.